The minimum absolute atomic E-state index is 0.0871. The van der Waals surface area contributed by atoms with Gasteiger partial charge in [0.1, 0.15) is 5.52 Å². The van der Waals surface area contributed by atoms with E-state index in [9.17, 15) is 14.7 Å². The van der Waals surface area contributed by atoms with Gasteiger partial charge in [0.25, 0.3) is 11.1 Å². The molecule has 0 bridgehead atoms. The number of thioether (sulfide) groups is 1. The van der Waals surface area contributed by atoms with Crippen molar-refractivity contribution in [3.63, 3.8) is 0 Å². The number of benzene rings is 2. The monoisotopic (exact) mass is 469 g/mol. The Kier molecular flexibility index (Phi) is 6.61. The van der Waals surface area contributed by atoms with Gasteiger partial charge in [0.15, 0.2) is 16.7 Å². The zero-order valence-electron chi connectivity index (χ0n) is 18.4. The Bertz CT molecular complexity index is 1430. The van der Waals surface area contributed by atoms with Crippen molar-refractivity contribution < 1.29 is 14.6 Å². The van der Waals surface area contributed by atoms with E-state index >= 15 is 0 Å². The summed E-state index contributed by atoms with van der Waals surface area (Å²) >= 11 is 1.16. The van der Waals surface area contributed by atoms with Gasteiger partial charge in [0, 0.05) is 6.07 Å². The molecular formula is C22H23N5O5S. The molecule has 1 N–H and O–H groups in total. The molecule has 0 saturated carbocycles. The average molecular weight is 470 g/mol. The van der Waals surface area contributed by atoms with E-state index in [0.717, 1.165) is 11.8 Å². The minimum atomic E-state index is -0.482. The van der Waals surface area contributed by atoms with Gasteiger partial charge in [-0.25, -0.2) is 4.98 Å². The topological polar surface area (TPSA) is 121 Å². The molecule has 10 nitrogen and oxygen atoms in total. The summed E-state index contributed by atoms with van der Waals surface area (Å²) in [5.41, 5.74) is 0.322. The lowest BCUT2D eigenvalue weighted by Crippen LogP contribution is -2.30. The molecule has 4 aromatic rings. The molecular weight excluding hydrogens is 446 g/mol. The first-order valence-corrected chi connectivity index (χ1v) is 11.2. The molecule has 2 aromatic carbocycles. The van der Waals surface area contributed by atoms with Gasteiger partial charge in [0.05, 0.1) is 49.0 Å². The fraction of sp³-hybridized carbons (Fsp3) is 0.318. The lowest BCUT2D eigenvalue weighted by atomic mass is 10.2. The third kappa shape index (κ3) is 4.16. The van der Waals surface area contributed by atoms with Crippen molar-refractivity contribution >= 4 is 33.6 Å². The molecule has 4 rings (SSSR count). The number of hydrogen-bond donors (Lipinski definition) is 1. The Balaban J connectivity index is 1.83. The van der Waals surface area contributed by atoms with Gasteiger partial charge >= 0.3 is 0 Å². The molecule has 0 amide bonds. The summed E-state index contributed by atoms with van der Waals surface area (Å²) in [6.07, 6.45) is 0.514. The first kappa shape index (κ1) is 22.7. The van der Waals surface area contributed by atoms with Crippen LogP contribution < -0.4 is 20.6 Å². The number of aromatic nitrogens is 5. The second-order valence-corrected chi connectivity index (χ2v) is 8.14. The fourth-order valence-corrected chi connectivity index (χ4v) is 4.49. The number of methoxy groups -OCH3 is 2. The molecule has 0 unspecified atom stereocenters. The predicted octanol–water partition coefficient (Wildman–Crippen LogP) is 2.21. The van der Waals surface area contributed by atoms with Crippen LogP contribution in [-0.4, -0.2) is 50.5 Å². The van der Waals surface area contributed by atoms with Gasteiger partial charge in [-0.05, 0) is 24.6 Å². The lowest BCUT2D eigenvalue weighted by Gasteiger charge is -2.20. The van der Waals surface area contributed by atoms with Gasteiger partial charge in [-0.2, -0.15) is 4.68 Å². The average Bonchev–Trinajstić information content (AvgIpc) is 2.85. The van der Waals surface area contributed by atoms with Crippen molar-refractivity contribution in [1.82, 2.24) is 24.5 Å². The molecule has 0 saturated heterocycles. The maximum absolute atomic E-state index is 13.4. The summed E-state index contributed by atoms with van der Waals surface area (Å²) in [7, 11) is 3.00. The molecule has 0 aliphatic carbocycles. The summed E-state index contributed by atoms with van der Waals surface area (Å²) in [5.74, 6) is 0.936. The molecule has 2 heterocycles. The molecule has 2 aromatic heterocycles. The van der Waals surface area contributed by atoms with Gasteiger partial charge in [-0.3, -0.25) is 14.2 Å². The first-order valence-electron chi connectivity index (χ1n) is 10.3. The van der Waals surface area contributed by atoms with Crippen LogP contribution >= 0.6 is 11.8 Å². The Morgan fingerprint density at radius 2 is 1.76 bits per heavy atom. The van der Waals surface area contributed by atoms with E-state index in [1.807, 2.05) is 6.92 Å². The van der Waals surface area contributed by atoms with E-state index < -0.39 is 6.04 Å². The van der Waals surface area contributed by atoms with Gasteiger partial charge in [-0.1, -0.05) is 36.0 Å². The Labute approximate surface area is 192 Å². The van der Waals surface area contributed by atoms with E-state index in [1.54, 1.807) is 36.4 Å². The summed E-state index contributed by atoms with van der Waals surface area (Å²) in [6, 6.07) is 9.69. The summed E-state index contributed by atoms with van der Waals surface area (Å²) < 4.78 is 13.4. The smallest absolute Gasteiger partial charge is 0.278 e. The number of ether oxygens (including phenoxy) is 2. The normalized spacial score (nSPS) is 12.2. The Hall–Kier alpha value is -3.44. The number of aliphatic hydroxyl groups is 1. The fourth-order valence-electron chi connectivity index (χ4n) is 3.55. The first-order chi connectivity index (χ1) is 16.0. The van der Waals surface area contributed by atoms with Crippen LogP contribution in [0.4, 0.5) is 0 Å². The highest BCUT2D eigenvalue weighted by Crippen LogP contribution is 2.32. The predicted molar refractivity (Wildman–Crippen MR) is 125 cm³/mol. The zero-order chi connectivity index (χ0) is 23.5. The van der Waals surface area contributed by atoms with Crippen LogP contribution in [0.5, 0.6) is 11.5 Å². The molecule has 1 atom stereocenters. The number of aliphatic hydroxyl groups excluding tert-OH is 1. The van der Waals surface area contributed by atoms with Crippen molar-refractivity contribution in [2.45, 2.75) is 30.4 Å². The molecule has 11 heteroatoms. The molecule has 0 fully saturated rings. The molecule has 33 heavy (non-hydrogen) atoms. The van der Waals surface area contributed by atoms with E-state index in [2.05, 4.69) is 15.3 Å². The molecule has 0 spiro atoms. The van der Waals surface area contributed by atoms with Crippen LogP contribution in [0.15, 0.2) is 51.1 Å². The zero-order valence-corrected chi connectivity index (χ0v) is 19.2. The SMILES string of the molecule is CC[C@H](CO)n1c(SCn2nnc3ccccc3c2=O)nc2cc(OC)c(OC)cc2c1=O. The summed E-state index contributed by atoms with van der Waals surface area (Å²) in [6.45, 7) is 1.64. The third-order valence-electron chi connectivity index (χ3n) is 5.37. The minimum Gasteiger partial charge on any atom is -0.493 e. The van der Waals surface area contributed by atoms with Crippen molar-refractivity contribution in [2.75, 3.05) is 20.8 Å². The van der Waals surface area contributed by atoms with Gasteiger partial charge in [0.2, 0.25) is 0 Å². The maximum Gasteiger partial charge on any atom is 0.278 e. The number of hydrogen-bond acceptors (Lipinski definition) is 9. The standard InChI is InChI=1S/C22H23N5O5S/c1-4-13(11-28)27-21(30)15-9-18(31-2)19(32-3)10-17(15)23-22(27)33-12-26-20(29)14-7-5-6-8-16(14)24-25-26/h5-10,13,28H,4,11-12H2,1-3H3/t13-/m1/s1. The van der Waals surface area contributed by atoms with Crippen molar-refractivity contribution in [2.24, 2.45) is 0 Å². The van der Waals surface area contributed by atoms with Crippen molar-refractivity contribution in [1.29, 1.82) is 0 Å². The second kappa shape index (κ2) is 9.59. The number of fused-ring (bicyclic) bond motifs is 2. The van der Waals surface area contributed by atoms with Crippen molar-refractivity contribution in [3.05, 3.63) is 57.1 Å². The number of nitrogens with zero attached hydrogens (tertiary/aromatic N) is 5. The van der Waals surface area contributed by atoms with E-state index in [4.69, 9.17) is 9.47 Å². The van der Waals surface area contributed by atoms with Crippen LogP contribution in [0.2, 0.25) is 0 Å². The lowest BCUT2D eigenvalue weighted by molar-refractivity contribution is 0.213. The molecule has 0 radical (unpaired) electrons. The highest BCUT2D eigenvalue weighted by atomic mass is 32.2. The van der Waals surface area contributed by atoms with Crippen LogP contribution in [0, 0.1) is 0 Å². The van der Waals surface area contributed by atoms with E-state index in [-0.39, 0.29) is 23.6 Å². The Morgan fingerprint density at radius 1 is 1.03 bits per heavy atom. The molecule has 0 aliphatic heterocycles. The highest BCUT2D eigenvalue weighted by molar-refractivity contribution is 7.98. The van der Waals surface area contributed by atoms with Gasteiger partial charge in [-0.15, -0.1) is 5.10 Å². The van der Waals surface area contributed by atoms with Crippen LogP contribution in [0.3, 0.4) is 0 Å². The highest BCUT2D eigenvalue weighted by Gasteiger charge is 2.20. The number of rotatable bonds is 8. The van der Waals surface area contributed by atoms with Crippen LogP contribution in [0.1, 0.15) is 19.4 Å². The van der Waals surface area contributed by atoms with Crippen molar-refractivity contribution in [3.8, 4) is 11.5 Å². The summed E-state index contributed by atoms with van der Waals surface area (Å²) in [4.78, 5) is 30.9. The van der Waals surface area contributed by atoms with Crippen LogP contribution in [-0.2, 0) is 5.88 Å². The Morgan fingerprint density at radius 3 is 2.45 bits per heavy atom. The van der Waals surface area contributed by atoms with E-state index in [1.165, 1.54) is 23.5 Å². The van der Waals surface area contributed by atoms with Crippen LogP contribution in [0.25, 0.3) is 21.8 Å². The second-order valence-electron chi connectivity index (χ2n) is 7.22. The molecule has 172 valence electrons. The third-order valence-corrected chi connectivity index (χ3v) is 6.29. The quantitative estimate of drug-likeness (QED) is 0.306. The van der Waals surface area contributed by atoms with Gasteiger partial charge < -0.3 is 14.6 Å². The maximum atomic E-state index is 13.4. The summed E-state index contributed by atoms with van der Waals surface area (Å²) in [5, 5.41) is 19.2. The molecule has 0 aliphatic rings. The van der Waals surface area contributed by atoms with E-state index in [0.29, 0.717) is 44.9 Å². The largest absolute Gasteiger partial charge is 0.493 e.